The lowest BCUT2D eigenvalue weighted by molar-refractivity contribution is 0.588. The Morgan fingerprint density at radius 1 is 0.696 bits per heavy atom. The van der Waals surface area contributed by atoms with Crippen molar-refractivity contribution in [3.8, 4) is 0 Å². The van der Waals surface area contributed by atoms with Gasteiger partial charge >= 0.3 is 0 Å². The van der Waals surface area contributed by atoms with Gasteiger partial charge in [0.05, 0.1) is 0 Å². The fraction of sp³-hybridized carbons (Fsp3) is 0.0500. The van der Waals surface area contributed by atoms with Gasteiger partial charge in [-0.25, -0.2) is 4.76 Å². The van der Waals surface area contributed by atoms with Crippen LogP contribution in [0.3, 0.4) is 0 Å². The van der Waals surface area contributed by atoms with Gasteiger partial charge in [0.1, 0.15) is 0 Å². The topological polar surface area (TPSA) is 29.4 Å². The molecule has 0 aliphatic heterocycles. The van der Waals surface area contributed by atoms with Gasteiger partial charge < -0.3 is 0 Å². The summed E-state index contributed by atoms with van der Waals surface area (Å²) >= 11 is 0. The molecule has 0 N–H and O–H groups in total. The molecule has 0 bridgehead atoms. The van der Waals surface area contributed by atoms with Crippen molar-refractivity contribution in [2.45, 2.75) is 6.92 Å². The molecule has 114 valence electrons. The van der Waals surface area contributed by atoms with E-state index in [4.69, 9.17) is 4.76 Å². The monoisotopic (exact) mass is 319 g/mol. The highest BCUT2D eigenvalue weighted by Gasteiger charge is 2.26. The fourth-order valence-corrected chi connectivity index (χ4v) is 4.69. The highest BCUT2D eigenvalue weighted by atomic mass is 31.2. The van der Waals surface area contributed by atoms with Crippen molar-refractivity contribution in [3.05, 3.63) is 96.6 Å². The van der Waals surface area contributed by atoms with Gasteiger partial charge in [0, 0.05) is 16.3 Å². The largest absolute Gasteiger partial charge is 0.288 e. The van der Waals surface area contributed by atoms with Crippen molar-refractivity contribution < 1.29 is 4.57 Å². The van der Waals surface area contributed by atoms with Gasteiger partial charge in [0.15, 0.2) is 0 Å². The predicted molar refractivity (Wildman–Crippen MR) is 98.4 cm³/mol. The summed E-state index contributed by atoms with van der Waals surface area (Å²) in [6.07, 6.45) is 0. The molecule has 3 rings (SSSR count). The molecular formula is C20H18NOP. The number of hydrogen-bond donors (Lipinski definition) is 0. The average molecular weight is 319 g/mol. The second-order valence-corrected chi connectivity index (χ2v) is 7.68. The number of rotatable bonds is 4. The molecule has 0 saturated carbocycles. The number of benzene rings is 3. The first kappa shape index (κ1) is 15.5. The minimum atomic E-state index is -3.06. The van der Waals surface area contributed by atoms with Crippen LogP contribution in [-0.4, -0.2) is 5.71 Å². The third-order valence-corrected chi connectivity index (χ3v) is 6.27. The molecular weight excluding hydrogens is 301 g/mol. The second kappa shape index (κ2) is 6.76. The molecule has 0 saturated heterocycles. The van der Waals surface area contributed by atoms with Crippen LogP contribution in [0.1, 0.15) is 12.5 Å². The normalized spacial score (nSPS) is 12.1. The van der Waals surface area contributed by atoms with Gasteiger partial charge in [0.2, 0.25) is 7.29 Å². The van der Waals surface area contributed by atoms with Gasteiger partial charge in [-0.2, -0.15) is 0 Å². The van der Waals surface area contributed by atoms with Gasteiger partial charge in [0.25, 0.3) is 0 Å². The van der Waals surface area contributed by atoms with Crippen molar-refractivity contribution in [1.29, 1.82) is 0 Å². The van der Waals surface area contributed by atoms with Crippen LogP contribution in [0.15, 0.2) is 95.8 Å². The lowest BCUT2D eigenvalue weighted by Crippen LogP contribution is -2.15. The molecule has 2 nitrogen and oxygen atoms in total. The highest BCUT2D eigenvalue weighted by Crippen LogP contribution is 2.45. The van der Waals surface area contributed by atoms with Crippen LogP contribution in [0.4, 0.5) is 0 Å². The van der Waals surface area contributed by atoms with E-state index in [9.17, 15) is 4.57 Å². The van der Waals surface area contributed by atoms with Crippen LogP contribution < -0.4 is 10.6 Å². The second-order valence-electron chi connectivity index (χ2n) is 5.30. The zero-order valence-electron chi connectivity index (χ0n) is 13.0. The first-order valence-electron chi connectivity index (χ1n) is 7.54. The van der Waals surface area contributed by atoms with Gasteiger partial charge in [-0.1, -0.05) is 66.7 Å². The van der Waals surface area contributed by atoms with Gasteiger partial charge in [-0.05, 0) is 36.8 Å². The van der Waals surface area contributed by atoms with Crippen molar-refractivity contribution >= 4 is 23.6 Å². The molecule has 0 amide bonds. The molecule has 0 radical (unpaired) electrons. The minimum absolute atomic E-state index is 0.751. The summed E-state index contributed by atoms with van der Waals surface area (Å²) in [7, 11) is -3.06. The van der Waals surface area contributed by atoms with Crippen LogP contribution in [-0.2, 0) is 4.57 Å². The Balaban J connectivity index is 2.16. The molecule has 0 spiro atoms. The van der Waals surface area contributed by atoms with Crippen LogP contribution in [0.2, 0.25) is 0 Å². The van der Waals surface area contributed by atoms with Crippen LogP contribution in [0, 0.1) is 0 Å². The Labute approximate surface area is 137 Å². The minimum Gasteiger partial charge on any atom is -0.288 e. The Morgan fingerprint density at radius 2 is 1.09 bits per heavy atom. The van der Waals surface area contributed by atoms with Crippen LogP contribution in [0.25, 0.3) is 0 Å². The summed E-state index contributed by atoms with van der Waals surface area (Å²) in [5.41, 5.74) is 1.77. The maximum atomic E-state index is 13.8. The van der Waals surface area contributed by atoms with Crippen molar-refractivity contribution in [2.75, 3.05) is 0 Å². The molecule has 0 aliphatic carbocycles. The lowest BCUT2D eigenvalue weighted by Gasteiger charge is -2.16. The number of nitrogens with zero attached hydrogens (tertiary/aromatic N) is 1. The van der Waals surface area contributed by atoms with E-state index in [1.165, 1.54) is 0 Å². The molecule has 3 aromatic carbocycles. The van der Waals surface area contributed by atoms with Gasteiger partial charge in [-0.15, -0.1) is 0 Å². The third kappa shape index (κ3) is 3.33. The summed E-state index contributed by atoms with van der Waals surface area (Å²) < 4.78 is 18.5. The number of hydrogen-bond acceptors (Lipinski definition) is 1. The van der Waals surface area contributed by atoms with Crippen molar-refractivity contribution in [2.24, 2.45) is 4.76 Å². The molecule has 0 heterocycles. The predicted octanol–water partition coefficient (Wildman–Crippen LogP) is 4.42. The smallest absolute Gasteiger partial charge is 0.247 e. The zero-order chi connectivity index (χ0) is 16.1. The van der Waals surface area contributed by atoms with Crippen LogP contribution in [0.5, 0.6) is 0 Å². The fourth-order valence-electron chi connectivity index (χ4n) is 2.47. The van der Waals surface area contributed by atoms with E-state index in [0.717, 1.165) is 21.9 Å². The third-order valence-electron chi connectivity index (χ3n) is 3.69. The molecule has 0 unspecified atom stereocenters. The van der Waals surface area contributed by atoms with E-state index in [1.54, 1.807) is 0 Å². The van der Waals surface area contributed by atoms with E-state index < -0.39 is 7.29 Å². The summed E-state index contributed by atoms with van der Waals surface area (Å²) in [4.78, 5) is 0. The molecule has 3 heteroatoms. The summed E-state index contributed by atoms with van der Waals surface area (Å²) in [6.45, 7) is 1.91. The van der Waals surface area contributed by atoms with E-state index in [-0.39, 0.29) is 0 Å². The Morgan fingerprint density at radius 3 is 1.52 bits per heavy atom. The molecule has 3 aromatic rings. The molecule has 23 heavy (non-hydrogen) atoms. The zero-order valence-corrected chi connectivity index (χ0v) is 13.9. The van der Waals surface area contributed by atoms with E-state index in [1.807, 2.05) is 97.9 Å². The average Bonchev–Trinajstić information content (AvgIpc) is 2.64. The maximum absolute atomic E-state index is 13.8. The van der Waals surface area contributed by atoms with Crippen molar-refractivity contribution in [3.63, 3.8) is 0 Å². The Bertz CT molecular complexity index is 799. The molecule has 0 atom stereocenters. The maximum Gasteiger partial charge on any atom is 0.247 e. The summed E-state index contributed by atoms with van der Waals surface area (Å²) in [5, 5.41) is 1.50. The van der Waals surface area contributed by atoms with Gasteiger partial charge in [-0.3, -0.25) is 4.57 Å². The summed E-state index contributed by atoms with van der Waals surface area (Å²) in [6, 6.07) is 28.8. The van der Waals surface area contributed by atoms with E-state index in [2.05, 4.69) is 0 Å². The summed E-state index contributed by atoms with van der Waals surface area (Å²) in [5.74, 6) is 0. The van der Waals surface area contributed by atoms with E-state index >= 15 is 0 Å². The SMILES string of the molecule is C/C(=N/P(=O)(c1ccccc1)c1ccccc1)c1ccccc1. The molecule has 0 fully saturated rings. The lowest BCUT2D eigenvalue weighted by atomic mass is 10.1. The molecule has 0 aliphatic rings. The van der Waals surface area contributed by atoms with E-state index in [0.29, 0.717) is 0 Å². The first-order valence-corrected chi connectivity index (χ1v) is 9.20. The standard InChI is InChI=1S/C20H18NOP/c1-17(18-11-5-2-6-12-18)21-23(22,19-13-7-3-8-14-19)20-15-9-4-10-16-20/h2-16H,1H3/b21-17-. The Kier molecular flexibility index (Phi) is 4.55. The van der Waals surface area contributed by atoms with Crippen molar-refractivity contribution in [1.82, 2.24) is 0 Å². The Hall–Kier alpha value is -2.44. The first-order chi connectivity index (χ1) is 11.2. The quantitative estimate of drug-likeness (QED) is 0.517. The highest BCUT2D eigenvalue weighted by molar-refractivity contribution is 7.77. The molecule has 0 aromatic heterocycles. The van der Waals surface area contributed by atoms with Crippen LogP contribution >= 0.6 is 7.29 Å².